The Kier molecular flexibility index (Phi) is 3.66. The Morgan fingerprint density at radius 1 is 1.21 bits per heavy atom. The molecule has 0 saturated carbocycles. The van der Waals surface area contributed by atoms with Gasteiger partial charge in [-0.3, -0.25) is 9.59 Å². The van der Waals surface area contributed by atoms with Gasteiger partial charge in [-0.2, -0.15) is 0 Å². The van der Waals surface area contributed by atoms with Crippen LogP contribution in [-0.2, 0) is 0 Å². The first kappa shape index (κ1) is 12.9. The molecule has 1 heterocycles. The van der Waals surface area contributed by atoms with Crippen LogP contribution in [0.15, 0.2) is 47.3 Å². The first-order chi connectivity index (χ1) is 9.13. The average Bonchev–Trinajstić information content (AvgIpc) is 2.41. The predicted octanol–water partition coefficient (Wildman–Crippen LogP) is 1.62. The number of pyridine rings is 1. The van der Waals surface area contributed by atoms with Crippen LogP contribution in [0.2, 0.25) is 0 Å². The summed E-state index contributed by atoms with van der Waals surface area (Å²) in [6.45, 7) is 2.31. The first-order valence-electron chi connectivity index (χ1n) is 5.99. The number of hydrogen-bond donors (Lipinski definition) is 2. The van der Waals surface area contributed by atoms with E-state index in [0.29, 0.717) is 17.9 Å². The number of aromatic nitrogens is 1. The largest absolute Gasteiger partial charge is 0.397 e. The molecule has 1 aromatic heterocycles. The molecule has 2 rings (SSSR count). The highest BCUT2D eigenvalue weighted by molar-refractivity contribution is 6.06. The second kappa shape index (κ2) is 5.39. The van der Waals surface area contributed by atoms with Crippen LogP contribution in [0.25, 0.3) is 0 Å². The van der Waals surface area contributed by atoms with Crippen molar-refractivity contribution in [1.29, 1.82) is 0 Å². The number of carbonyl (C=O) groups excluding carboxylic acids is 1. The van der Waals surface area contributed by atoms with Gasteiger partial charge in [-0.15, -0.1) is 0 Å². The molecule has 1 amide bonds. The van der Waals surface area contributed by atoms with Gasteiger partial charge < -0.3 is 15.6 Å². The first-order valence-corrected chi connectivity index (χ1v) is 5.99. The standard InChI is InChI=1S/C14H15N3O2/c1-2-17(12-8-4-3-6-10(12)15)14(19)11-7-5-9-13(18)16-11/h3-9H,2,15H2,1H3,(H,16,18). The number of aromatic amines is 1. The van der Waals surface area contributed by atoms with Gasteiger partial charge in [-0.05, 0) is 25.1 Å². The molecule has 3 N–H and O–H groups in total. The summed E-state index contributed by atoms with van der Waals surface area (Å²) in [6.07, 6.45) is 0. The molecule has 0 bridgehead atoms. The van der Waals surface area contributed by atoms with E-state index >= 15 is 0 Å². The van der Waals surface area contributed by atoms with Gasteiger partial charge in [0.05, 0.1) is 11.4 Å². The lowest BCUT2D eigenvalue weighted by Crippen LogP contribution is -2.32. The summed E-state index contributed by atoms with van der Waals surface area (Å²) in [6, 6.07) is 11.6. The van der Waals surface area contributed by atoms with Crippen molar-refractivity contribution in [2.75, 3.05) is 17.2 Å². The van der Waals surface area contributed by atoms with E-state index in [0.717, 1.165) is 0 Å². The monoisotopic (exact) mass is 257 g/mol. The van der Waals surface area contributed by atoms with E-state index in [-0.39, 0.29) is 17.2 Å². The lowest BCUT2D eigenvalue weighted by molar-refractivity contribution is 0.0983. The normalized spacial score (nSPS) is 10.2. The van der Waals surface area contributed by atoms with Gasteiger partial charge in [-0.25, -0.2) is 0 Å². The maximum Gasteiger partial charge on any atom is 0.274 e. The van der Waals surface area contributed by atoms with E-state index in [9.17, 15) is 9.59 Å². The summed E-state index contributed by atoms with van der Waals surface area (Å²) in [5.41, 5.74) is 6.98. The maximum absolute atomic E-state index is 12.4. The SMILES string of the molecule is CCN(C(=O)c1cccc(=O)[nH]1)c1ccccc1N. The molecule has 19 heavy (non-hydrogen) atoms. The molecule has 0 aliphatic rings. The molecule has 0 aliphatic carbocycles. The quantitative estimate of drug-likeness (QED) is 0.820. The zero-order chi connectivity index (χ0) is 13.8. The molecule has 5 nitrogen and oxygen atoms in total. The highest BCUT2D eigenvalue weighted by atomic mass is 16.2. The van der Waals surface area contributed by atoms with Gasteiger partial charge in [0, 0.05) is 12.6 Å². The van der Waals surface area contributed by atoms with E-state index in [4.69, 9.17) is 5.73 Å². The molecule has 0 saturated heterocycles. The fourth-order valence-corrected chi connectivity index (χ4v) is 1.87. The molecule has 0 spiro atoms. The second-order valence-electron chi connectivity index (χ2n) is 4.04. The van der Waals surface area contributed by atoms with Crippen LogP contribution < -0.4 is 16.2 Å². The molecule has 98 valence electrons. The van der Waals surface area contributed by atoms with Crippen molar-refractivity contribution in [2.45, 2.75) is 6.92 Å². The Morgan fingerprint density at radius 2 is 1.95 bits per heavy atom. The van der Waals surface area contributed by atoms with Gasteiger partial charge in [-0.1, -0.05) is 18.2 Å². The van der Waals surface area contributed by atoms with E-state index in [1.54, 1.807) is 24.3 Å². The fraction of sp³-hybridized carbons (Fsp3) is 0.143. The molecule has 0 radical (unpaired) electrons. The fourth-order valence-electron chi connectivity index (χ4n) is 1.87. The minimum atomic E-state index is -0.303. The third-order valence-electron chi connectivity index (χ3n) is 2.79. The Bertz CT molecular complexity index is 649. The average molecular weight is 257 g/mol. The van der Waals surface area contributed by atoms with Gasteiger partial charge in [0.2, 0.25) is 5.56 Å². The molecule has 2 aromatic rings. The van der Waals surface area contributed by atoms with E-state index < -0.39 is 0 Å². The minimum absolute atomic E-state index is 0.248. The van der Waals surface area contributed by atoms with Crippen LogP contribution >= 0.6 is 0 Å². The minimum Gasteiger partial charge on any atom is -0.397 e. The van der Waals surface area contributed by atoms with Crippen LogP contribution in [0.3, 0.4) is 0 Å². The smallest absolute Gasteiger partial charge is 0.274 e. The van der Waals surface area contributed by atoms with Crippen molar-refractivity contribution >= 4 is 17.3 Å². The lowest BCUT2D eigenvalue weighted by atomic mass is 10.2. The Balaban J connectivity index is 2.41. The zero-order valence-corrected chi connectivity index (χ0v) is 10.6. The number of benzene rings is 1. The number of nitrogens with zero attached hydrogens (tertiary/aromatic N) is 1. The summed E-state index contributed by atoms with van der Waals surface area (Å²) < 4.78 is 0. The summed E-state index contributed by atoms with van der Waals surface area (Å²) >= 11 is 0. The molecule has 5 heteroatoms. The number of nitrogens with two attached hydrogens (primary N) is 1. The molecule has 0 unspecified atom stereocenters. The highest BCUT2D eigenvalue weighted by Gasteiger charge is 2.18. The summed E-state index contributed by atoms with van der Waals surface area (Å²) in [5, 5.41) is 0. The molecule has 0 aliphatic heterocycles. The second-order valence-corrected chi connectivity index (χ2v) is 4.04. The topological polar surface area (TPSA) is 79.2 Å². The number of nitrogen functional groups attached to an aromatic ring is 1. The number of para-hydroxylation sites is 2. The van der Waals surface area contributed by atoms with Crippen molar-refractivity contribution in [1.82, 2.24) is 4.98 Å². The Morgan fingerprint density at radius 3 is 2.58 bits per heavy atom. The lowest BCUT2D eigenvalue weighted by Gasteiger charge is -2.22. The van der Waals surface area contributed by atoms with E-state index in [1.165, 1.54) is 11.0 Å². The summed E-state index contributed by atoms with van der Waals surface area (Å²) in [4.78, 5) is 27.7. The number of nitrogens with one attached hydrogen (secondary N) is 1. The summed E-state index contributed by atoms with van der Waals surface area (Å²) in [7, 11) is 0. The van der Waals surface area contributed by atoms with Crippen LogP contribution in [0, 0.1) is 0 Å². The summed E-state index contributed by atoms with van der Waals surface area (Å²) in [5.74, 6) is -0.280. The van der Waals surface area contributed by atoms with Crippen molar-refractivity contribution in [3.63, 3.8) is 0 Å². The molecule has 0 fully saturated rings. The predicted molar refractivity (Wildman–Crippen MR) is 75.3 cm³/mol. The van der Waals surface area contributed by atoms with Gasteiger partial charge >= 0.3 is 0 Å². The van der Waals surface area contributed by atoms with Gasteiger partial charge in [0.25, 0.3) is 5.91 Å². The van der Waals surface area contributed by atoms with Crippen molar-refractivity contribution < 1.29 is 4.79 Å². The van der Waals surface area contributed by atoms with Crippen molar-refractivity contribution in [3.8, 4) is 0 Å². The van der Waals surface area contributed by atoms with Gasteiger partial charge in [0.15, 0.2) is 0 Å². The molecule has 1 aromatic carbocycles. The van der Waals surface area contributed by atoms with E-state index in [1.807, 2.05) is 19.1 Å². The number of anilines is 2. The number of H-pyrrole nitrogens is 1. The third kappa shape index (κ3) is 2.65. The number of rotatable bonds is 3. The number of hydrogen-bond acceptors (Lipinski definition) is 3. The number of carbonyl (C=O) groups is 1. The third-order valence-corrected chi connectivity index (χ3v) is 2.79. The van der Waals surface area contributed by atoms with Crippen LogP contribution in [0.1, 0.15) is 17.4 Å². The molecular weight excluding hydrogens is 242 g/mol. The molecular formula is C14H15N3O2. The number of amides is 1. The van der Waals surface area contributed by atoms with Crippen LogP contribution in [0.4, 0.5) is 11.4 Å². The van der Waals surface area contributed by atoms with Gasteiger partial charge in [0.1, 0.15) is 5.69 Å². The van der Waals surface area contributed by atoms with Crippen LogP contribution in [-0.4, -0.2) is 17.4 Å². The maximum atomic E-state index is 12.4. The molecule has 0 atom stereocenters. The zero-order valence-electron chi connectivity index (χ0n) is 10.6. The Labute approximate surface area is 110 Å². The van der Waals surface area contributed by atoms with Crippen molar-refractivity contribution in [3.05, 3.63) is 58.5 Å². The highest BCUT2D eigenvalue weighted by Crippen LogP contribution is 2.23. The van der Waals surface area contributed by atoms with Crippen molar-refractivity contribution in [2.24, 2.45) is 0 Å². The van der Waals surface area contributed by atoms with Crippen LogP contribution in [0.5, 0.6) is 0 Å². The van der Waals surface area contributed by atoms with E-state index in [2.05, 4.69) is 4.98 Å². The Hall–Kier alpha value is -2.56.